The maximum atomic E-state index is 13.9. The molecule has 0 bridgehead atoms. The van der Waals surface area contributed by atoms with Crippen molar-refractivity contribution in [3.8, 4) is 11.1 Å². The van der Waals surface area contributed by atoms with Gasteiger partial charge in [0, 0.05) is 24.5 Å². The van der Waals surface area contributed by atoms with Gasteiger partial charge in [0.1, 0.15) is 0 Å². The Labute approximate surface area is 176 Å². The Hall–Kier alpha value is -2.67. The Bertz CT molecular complexity index is 1060. The number of aryl methyl sites for hydroxylation is 1. The Morgan fingerprint density at radius 3 is 2.63 bits per heavy atom. The zero-order valence-corrected chi connectivity index (χ0v) is 17.9. The lowest BCUT2D eigenvalue weighted by atomic mass is 10.00. The molecule has 0 spiro atoms. The minimum Gasteiger partial charge on any atom is -0.298 e. The van der Waals surface area contributed by atoms with Crippen molar-refractivity contribution in [2.24, 2.45) is 7.05 Å². The number of benzene rings is 1. The molecule has 0 radical (unpaired) electrons. The number of Topliss-reactive ketones (excluding diaryl/α,β-unsaturated/α-hetero) is 1. The first-order valence-electron chi connectivity index (χ1n) is 10.5. The van der Waals surface area contributed by atoms with Gasteiger partial charge in [0.05, 0.1) is 29.5 Å². The summed E-state index contributed by atoms with van der Waals surface area (Å²) in [5.41, 5.74) is 2.69. The van der Waals surface area contributed by atoms with Crippen LogP contribution >= 0.6 is 0 Å². The van der Waals surface area contributed by atoms with E-state index in [4.69, 9.17) is 0 Å². The molecule has 0 aliphatic carbocycles. The van der Waals surface area contributed by atoms with E-state index in [9.17, 15) is 9.18 Å². The predicted octanol–water partition coefficient (Wildman–Crippen LogP) is 3.88. The summed E-state index contributed by atoms with van der Waals surface area (Å²) >= 11 is 0. The molecule has 7 heteroatoms. The fraction of sp³-hybridized carbons (Fsp3) is 0.478. The molecule has 1 saturated heterocycles. The second-order valence-electron chi connectivity index (χ2n) is 8.65. The molecule has 0 unspecified atom stereocenters. The molecule has 0 amide bonds. The summed E-state index contributed by atoms with van der Waals surface area (Å²) < 4.78 is 15.8. The smallest absolute Gasteiger partial charge is 0.175 e. The highest BCUT2D eigenvalue weighted by Gasteiger charge is 2.27. The fourth-order valence-electron chi connectivity index (χ4n) is 3.94. The van der Waals surface area contributed by atoms with Gasteiger partial charge >= 0.3 is 0 Å². The number of carbonyl (C=O) groups excluding carboxylic acids is 1. The summed E-state index contributed by atoms with van der Waals surface area (Å²) in [7, 11) is 1.98. The molecule has 4 rings (SSSR count). The van der Waals surface area contributed by atoms with E-state index in [2.05, 4.69) is 26.3 Å². The van der Waals surface area contributed by atoms with Crippen LogP contribution < -0.4 is 0 Å². The summed E-state index contributed by atoms with van der Waals surface area (Å²) in [4.78, 5) is 14.5. The van der Waals surface area contributed by atoms with Crippen LogP contribution in [0.15, 0.2) is 30.5 Å². The van der Waals surface area contributed by atoms with Gasteiger partial charge in [-0.15, -0.1) is 0 Å². The van der Waals surface area contributed by atoms with E-state index in [1.54, 1.807) is 0 Å². The number of hydrogen-bond acceptors (Lipinski definition) is 5. The minimum atomic E-state index is -1.88. The van der Waals surface area contributed by atoms with Crippen molar-refractivity contribution in [2.75, 3.05) is 13.1 Å². The zero-order valence-electron chi connectivity index (χ0n) is 17.9. The van der Waals surface area contributed by atoms with E-state index in [-0.39, 0.29) is 6.42 Å². The third-order valence-electron chi connectivity index (χ3n) is 5.84. The molecule has 158 valence electrons. The zero-order chi connectivity index (χ0) is 21.3. The van der Waals surface area contributed by atoms with E-state index < -0.39 is 11.5 Å². The molecule has 0 atom stereocenters. The number of likely N-dealkylation sites (tertiary alicyclic amines) is 1. The first-order chi connectivity index (χ1) is 14.3. The second-order valence-corrected chi connectivity index (χ2v) is 8.65. The van der Waals surface area contributed by atoms with Crippen molar-refractivity contribution in [1.82, 2.24) is 24.9 Å². The molecule has 6 nitrogen and oxygen atoms in total. The highest BCUT2D eigenvalue weighted by molar-refractivity contribution is 5.89. The lowest BCUT2D eigenvalue weighted by molar-refractivity contribution is -0.127. The molecule has 1 fully saturated rings. The molecule has 3 heterocycles. The molecular weight excluding hydrogens is 381 g/mol. The van der Waals surface area contributed by atoms with Crippen LogP contribution in [0.1, 0.15) is 44.5 Å². The van der Waals surface area contributed by atoms with Crippen LogP contribution in [-0.2, 0) is 24.8 Å². The van der Waals surface area contributed by atoms with Crippen LogP contribution in [-0.4, -0.2) is 49.4 Å². The standard InChI is InChI=1S/C23H28FN5O/c1-23(2,24)22(30)13-18-12-17-11-16(7-8-20(17)27-26-18)19-14-25-28(3)21(19)15-29-9-5-4-6-10-29/h7-8,11-12,14H,4-6,9-10,13,15H2,1-3H3. The fourth-order valence-corrected chi connectivity index (χ4v) is 3.94. The number of alkyl halides is 1. The van der Waals surface area contributed by atoms with Gasteiger partial charge in [-0.2, -0.15) is 15.3 Å². The molecule has 0 N–H and O–H groups in total. The van der Waals surface area contributed by atoms with Gasteiger partial charge < -0.3 is 0 Å². The number of fused-ring (bicyclic) bond motifs is 1. The topological polar surface area (TPSA) is 63.9 Å². The minimum absolute atomic E-state index is 0.0657. The summed E-state index contributed by atoms with van der Waals surface area (Å²) in [5, 5.41) is 13.7. The molecule has 30 heavy (non-hydrogen) atoms. The number of aromatic nitrogens is 4. The van der Waals surface area contributed by atoms with Crippen LogP contribution in [0.3, 0.4) is 0 Å². The number of ketones is 1. The summed E-state index contributed by atoms with van der Waals surface area (Å²) in [6, 6.07) is 7.84. The highest BCUT2D eigenvalue weighted by Crippen LogP contribution is 2.28. The van der Waals surface area contributed by atoms with E-state index in [1.807, 2.05) is 36.1 Å². The number of piperidine rings is 1. The van der Waals surface area contributed by atoms with Crippen LogP contribution in [0, 0.1) is 0 Å². The van der Waals surface area contributed by atoms with Crippen LogP contribution in [0.4, 0.5) is 4.39 Å². The molecule has 0 saturated carbocycles. The summed E-state index contributed by atoms with van der Waals surface area (Å²) in [5.74, 6) is -0.497. The van der Waals surface area contributed by atoms with Crippen LogP contribution in [0.25, 0.3) is 22.0 Å². The van der Waals surface area contributed by atoms with Crippen molar-refractivity contribution in [1.29, 1.82) is 0 Å². The quantitative estimate of drug-likeness (QED) is 0.618. The van der Waals surface area contributed by atoms with E-state index in [0.717, 1.165) is 41.7 Å². The van der Waals surface area contributed by atoms with Crippen LogP contribution in [0.5, 0.6) is 0 Å². The maximum Gasteiger partial charge on any atom is 0.175 e. The highest BCUT2D eigenvalue weighted by atomic mass is 19.1. The SMILES string of the molecule is Cn1ncc(-c2ccc3nnc(CC(=O)C(C)(C)F)cc3c2)c1CN1CCCCC1. The predicted molar refractivity (Wildman–Crippen MR) is 115 cm³/mol. The lowest BCUT2D eigenvalue weighted by Gasteiger charge is -2.26. The first kappa shape index (κ1) is 20.6. The third-order valence-corrected chi connectivity index (χ3v) is 5.84. The second kappa shape index (κ2) is 8.22. The molecule has 1 aliphatic rings. The van der Waals surface area contributed by atoms with Crippen molar-refractivity contribution >= 4 is 16.7 Å². The molecule has 3 aromatic rings. The maximum absolute atomic E-state index is 13.9. The lowest BCUT2D eigenvalue weighted by Crippen LogP contribution is -2.30. The monoisotopic (exact) mass is 409 g/mol. The van der Waals surface area contributed by atoms with Crippen LogP contribution in [0.2, 0.25) is 0 Å². The summed E-state index contributed by atoms with van der Waals surface area (Å²) in [6.45, 7) is 5.67. The Kier molecular flexibility index (Phi) is 5.64. The average Bonchev–Trinajstić information content (AvgIpc) is 3.08. The van der Waals surface area contributed by atoms with Gasteiger partial charge in [0.15, 0.2) is 11.5 Å². The van der Waals surface area contributed by atoms with E-state index in [0.29, 0.717) is 5.69 Å². The number of nitrogens with zero attached hydrogens (tertiary/aromatic N) is 5. The molecule has 2 aromatic heterocycles. The van der Waals surface area contributed by atoms with E-state index >= 15 is 0 Å². The van der Waals surface area contributed by atoms with Gasteiger partial charge in [-0.3, -0.25) is 14.4 Å². The molecule has 1 aromatic carbocycles. The number of halogens is 1. The van der Waals surface area contributed by atoms with Crippen molar-refractivity contribution < 1.29 is 9.18 Å². The van der Waals surface area contributed by atoms with Gasteiger partial charge in [0.25, 0.3) is 0 Å². The van der Waals surface area contributed by atoms with Crippen molar-refractivity contribution in [2.45, 2.75) is 51.7 Å². The summed E-state index contributed by atoms with van der Waals surface area (Å²) in [6.07, 6.45) is 5.65. The Morgan fingerprint density at radius 2 is 1.90 bits per heavy atom. The Morgan fingerprint density at radius 1 is 1.13 bits per heavy atom. The largest absolute Gasteiger partial charge is 0.298 e. The average molecular weight is 410 g/mol. The van der Waals surface area contributed by atoms with Gasteiger partial charge in [-0.1, -0.05) is 12.5 Å². The van der Waals surface area contributed by atoms with Gasteiger partial charge in [0.2, 0.25) is 0 Å². The van der Waals surface area contributed by atoms with E-state index in [1.165, 1.54) is 38.8 Å². The molecule has 1 aliphatic heterocycles. The van der Waals surface area contributed by atoms with Gasteiger partial charge in [-0.05, 0) is 63.5 Å². The molecular formula is C23H28FN5O. The number of rotatable bonds is 6. The number of carbonyl (C=O) groups is 1. The number of hydrogen-bond donors (Lipinski definition) is 0. The Balaban J connectivity index is 1.64. The normalized spacial score (nSPS) is 15.6. The van der Waals surface area contributed by atoms with Gasteiger partial charge in [-0.25, -0.2) is 4.39 Å². The third kappa shape index (κ3) is 4.41. The van der Waals surface area contributed by atoms with Crippen molar-refractivity contribution in [3.63, 3.8) is 0 Å². The first-order valence-corrected chi connectivity index (χ1v) is 10.5. The van der Waals surface area contributed by atoms with Crippen molar-refractivity contribution in [3.05, 3.63) is 41.9 Å².